The Morgan fingerprint density at radius 1 is 1.43 bits per heavy atom. The Labute approximate surface area is 39.5 Å². The van der Waals surface area contributed by atoms with Gasteiger partial charge in [-0.15, -0.1) is 0 Å². The second-order valence-corrected chi connectivity index (χ2v) is 0.514. The van der Waals surface area contributed by atoms with Gasteiger partial charge in [0.05, 0.1) is 0 Å². The van der Waals surface area contributed by atoms with Crippen LogP contribution in [0.15, 0.2) is 0 Å². The van der Waals surface area contributed by atoms with Crippen LogP contribution >= 0.6 is 0 Å². The van der Waals surface area contributed by atoms with Crippen molar-refractivity contribution in [2.75, 3.05) is 0 Å². The minimum atomic E-state index is -0.833. The summed E-state index contributed by atoms with van der Waals surface area (Å²) in [5.41, 5.74) is 19.5. The summed E-state index contributed by atoms with van der Waals surface area (Å²) >= 11 is 0. The van der Waals surface area contributed by atoms with Crippen LogP contribution in [-0.2, 0) is 0 Å². The molecule has 6 N–H and O–H groups in total. The zero-order chi connectivity index (χ0) is 6.28. The highest BCUT2D eigenvalue weighted by atomic mass is 16.2. The van der Waals surface area contributed by atoms with Gasteiger partial charge < -0.3 is 11.5 Å². The highest BCUT2D eigenvalue weighted by Crippen LogP contribution is 1.25. The minimum Gasteiger partial charge on any atom is -0.352 e. The third-order valence-electron chi connectivity index (χ3n) is 0. The second kappa shape index (κ2) is 8.82. The van der Waals surface area contributed by atoms with Crippen molar-refractivity contribution < 1.29 is 4.79 Å². The Morgan fingerprint density at radius 3 is 1.43 bits per heavy atom. The van der Waals surface area contributed by atoms with Crippen LogP contribution in [0.5, 0.6) is 0 Å². The Kier molecular flexibility index (Phi) is 11.5. The number of nitrogens with two attached hydrogens (primary N) is 2. The van der Waals surface area contributed by atoms with Crippen molar-refractivity contribution in [3.8, 4) is 0 Å². The van der Waals surface area contributed by atoms with Gasteiger partial charge in [-0.3, -0.25) is 0 Å². The van der Waals surface area contributed by atoms with Gasteiger partial charge in [0.1, 0.15) is 11.1 Å². The van der Waals surface area contributed by atoms with E-state index < -0.39 is 6.03 Å². The first kappa shape index (κ1) is 9.13. The highest BCUT2D eigenvalue weighted by molar-refractivity contribution is 5.69. The van der Waals surface area contributed by atoms with Gasteiger partial charge in [0.2, 0.25) is 4.91 Å². The number of carbonyl (C=O) groups excluding carboxylic acids is 1. The summed E-state index contributed by atoms with van der Waals surface area (Å²) in [4.78, 5) is 11.0. The van der Waals surface area contributed by atoms with E-state index >= 15 is 0 Å². The van der Waals surface area contributed by atoms with E-state index in [0.29, 0.717) is 0 Å². The number of urea groups is 1. The van der Waals surface area contributed by atoms with Gasteiger partial charge in [-0.25, -0.2) is 4.79 Å². The summed E-state index contributed by atoms with van der Waals surface area (Å²) in [5.74, 6) is 0. The fraction of sp³-hybridized carbons (Fsp3) is 0. The maximum atomic E-state index is 9.00. The molecule has 0 spiro atoms. The molecule has 6 nitrogen and oxygen atoms in total. The van der Waals surface area contributed by atoms with Gasteiger partial charge in [-0.1, -0.05) is 0 Å². The van der Waals surface area contributed by atoms with E-state index in [4.69, 9.17) is 15.9 Å². The number of hydrogen-bond donors (Lipinski definition) is 4. The number of carbonyl (C=O) groups is 1. The molecule has 0 saturated carbocycles. The van der Waals surface area contributed by atoms with E-state index in [-0.39, 0.29) is 0 Å². The maximum Gasteiger partial charge on any atom is 0.309 e. The third kappa shape index (κ3) is 15.1. The van der Waals surface area contributed by atoms with Crippen molar-refractivity contribution in [1.82, 2.24) is 4.91 Å². The first-order valence-corrected chi connectivity index (χ1v) is 1.23. The Morgan fingerprint density at radius 2 is 1.43 bits per heavy atom. The van der Waals surface area contributed by atoms with E-state index in [1.54, 1.807) is 0 Å². The van der Waals surface area contributed by atoms with Crippen molar-refractivity contribution >= 4 is 6.03 Å². The largest absolute Gasteiger partial charge is 0.352 e. The molecule has 0 aromatic rings. The molecule has 40 valence electrons. The first-order valence-electron chi connectivity index (χ1n) is 1.23. The smallest absolute Gasteiger partial charge is 0.309 e. The van der Waals surface area contributed by atoms with Crippen LogP contribution in [0, 0.1) is 11.1 Å². The van der Waals surface area contributed by atoms with Crippen molar-refractivity contribution in [1.29, 1.82) is 11.1 Å². The SMILES string of the molecule is N=[N+]=N.NC(N)=O. The second-order valence-electron chi connectivity index (χ2n) is 0.514. The molecule has 0 rings (SSSR count). The summed E-state index contributed by atoms with van der Waals surface area (Å²) in [5, 5.41) is 0. The van der Waals surface area contributed by atoms with E-state index in [0.717, 1.165) is 0 Å². The molecular weight excluding hydrogens is 98.0 g/mol. The van der Waals surface area contributed by atoms with Crippen LogP contribution in [0.1, 0.15) is 0 Å². The van der Waals surface area contributed by atoms with Crippen LogP contribution in [0.2, 0.25) is 0 Å². The molecule has 0 aliphatic carbocycles. The van der Waals surface area contributed by atoms with Crippen LogP contribution in [-0.4, -0.2) is 6.03 Å². The molecule has 7 heavy (non-hydrogen) atoms. The normalized spacial score (nSPS) is 4.57. The monoisotopic (exact) mass is 104 g/mol. The predicted octanol–water partition coefficient (Wildman–Crippen LogP) is -0.861. The molecule has 0 saturated heterocycles. The fourth-order valence-electron chi connectivity index (χ4n) is 0. The lowest BCUT2D eigenvalue weighted by Gasteiger charge is -1.62. The summed E-state index contributed by atoms with van der Waals surface area (Å²) in [6.45, 7) is 0. The van der Waals surface area contributed by atoms with Gasteiger partial charge in [0, 0.05) is 0 Å². The van der Waals surface area contributed by atoms with Gasteiger partial charge in [-0.05, 0) is 0 Å². The minimum absolute atomic E-state index is 0.833. The van der Waals surface area contributed by atoms with Gasteiger partial charge >= 0.3 is 6.03 Å². The van der Waals surface area contributed by atoms with Crippen LogP contribution in [0.3, 0.4) is 0 Å². The number of nitrogens with zero attached hydrogens (tertiary/aromatic N) is 1. The zero-order valence-electron chi connectivity index (χ0n) is 3.51. The van der Waals surface area contributed by atoms with Crippen molar-refractivity contribution in [2.45, 2.75) is 0 Å². The zero-order valence-corrected chi connectivity index (χ0v) is 3.51. The maximum absolute atomic E-state index is 9.00. The lowest BCUT2D eigenvalue weighted by molar-refractivity contribution is 0.256. The molecule has 0 aromatic carbocycles. The summed E-state index contributed by atoms with van der Waals surface area (Å²) < 4.78 is 0. The van der Waals surface area contributed by atoms with E-state index in [9.17, 15) is 0 Å². The molecule has 0 fully saturated rings. The average molecular weight is 104 g/mol. The number of nitrogens with one attached hydrogen (secondary N) is 2. The number of primary amides is 2. The fourth-order valence-corrected chi connectivity index (χ4v) is 0. The summed E-state index contributed by atoms with van der Waals surface area (Å²) in [6.07, 6.45) is 0. The third-order valence-corrected chi connectivity index (χ3v) is 0. The Balaban J connectivity index is 0. The van der Waals surface area contributed by atoms with Crippen molar-refractivity contribution in [2.24, 2.45) is 11.5 Å². The molecule has 2 amide bonds. The molecule has 0 atom stereocenters. The highest BCUT2D eigenvalue weighted by Gasteiger charge is 1.60. The van der Waals surface area contributed by atoms with Crippen LogP contribution < -0.4 is 16.4 Å². The number of amides is 2. The topological polar surface area (TPSA) is 131 Å². The van der Waals surface area contributed by atoms with Gasteiger partial charge in [0.25, 0.3) is 0 Å². The lowest BCUT2D eigenvalue weighted by Crippen LogP contribution is -2.18. The first-order chi connectivity index (χ1) is 3.15. The van der Waals surface area contributed by atoms with Crippen molar-refractivity contribution in [3.05, 3.63) is 0 Å². The molecule has 0 radical (unpaired) electrons. The standard InChI is InChI=1S/CH4N2O.H2N3/c2-1(3)4;1-3-2/h(H4,2,3,4);1-2H/q;+1. The summed E-state index contributed by atoms with van der Waals surface area (Å²) in [7, 11) is 0. The van der Waals surface area contributed by atoms with Gasteiger partial charge in [-0.2, -0.15) is 0 Å². The lowest BCUT2D eigenvalue weighted by atomic mass is 11.2. The molecule has 0 aliphatic heterocycles. The van der Waals surface area contributed by atoms with Crippen molar-refractivity contribution in [3.63, 3.8) is 0 Å². The van der Waals surface area contributed by atoms with E-state index in [2.05, 4.69) is 11.5 Å². The average Bonchev–Trinajstić information content (AvgIpc) is 1.33. The van der Waals surface area contributed by atoms with E-state index in [1.807, 2.05) is 4.91 Å². The predicted molar refractivity (Wildman–Crippen MR) is 21.3 cm³/mol. The molecular formula is CH6N5O+. The molecule has 6 heteroatoms. The van der Waals surface area contributed by atoms with E-state index in [1.165, 1.54) is 0 Å². The Bertz CT molecular complexity index is 76.1. The van der Waals surface area contributed by atoms with Crippen LogP contribution in [0.4, 0.5) is 4.79 Å². The van der Waals surface area contributed by atoms with Crippen LogP contribution in [0.25, 0.3) is 0 Å². The summed E-state index contributed by atoms with van der Waals surface area (Å²) in [6, 6.07) is -0.833. The molecule has 0 unspecified atom stereocenters. The molecule has 0 heterocycles. The number of rotatable bonds is 0. The molecule has 0 aliphatic rings. The quantitative estimate of drug-likeness (QED) is 0.231. The van der Waals surface area contributed by atoms with Gasteiger partial charge in [0.15, 0.2) is 0 Å². The number of hydrogen-bond acceptors (Lipinski definition) is 3. The molecule has 0 aromatic heterocycles. The Hall–Kier alpha value is -1.42. The molecule has 0 bridgehead atoms.